The Morgan fingerprint density at radius 3 is 2.61 bits per heavy atom. The number of pyridine rings is 1. The number of anilines is 1. The number of hydrogen-bond donors (Lipinski definition) is 1. The molecule has 1 aromatic carbocycles. The molecule has 1 fully saturated rings. The molecule has 0 aliphatic heterocycles. The van der Waals surface area contributed by atoms with Crippen molar-refractivity contribution in [3.05, 3.63) is 54.4 Å². The molecule has 2 atom stereocenters. The first-order valence-corrected chi connectivity index (χ1v) is 12.5. The van der Waals surface area contributed by atoms with E-state index in [1.54, 1.807) is 37.4 Å². The molecule has 4 rings (SSSR count). The number of rotatable bonds is 8. The van der Waals surface area contributed by atoms with E-state index in [9.17, 15) is 9.59 Å². The molecule has 2 unspecified atom stereocenters. The van der Waals surface area contributed by atoms with Crippen LogP contribution in [0.15, 0.2) is 53.9 Å². The van der Waals surface area contributed by atoms with Gasteiger partial charge in [-0.25, -0.2) is 0 Å². The minimum Gasteiger partial charge on any atom is -0.326 e. The molecule has 1 saturated carbocycles. The molecule has 1 amide bonds. The van der Waals surface area contributed by atoms with Crippen molar-refractivity contribution in [2.45, 2.75) is 57.1 Å². The fourth-order valence-corrected chi connectivity index (χ4v) is 5.14. The number of Topliss-reactive ketones (excluding diaryl/α,β-unsaturated/α-hetero) is 1. The molecular formula is C25H29N5O2S. The zero-order valence-electron chi connectivity index (χ0n) is 19.0. The van der Waals surface area contributed by atoms with Crippen LogP contribution in [0.4, 0.5) is 5.69 Å². The van der Waals surface area contributed by atoms with Crippen molar-refractivity contribution in [3.63, 3.8) is 0 Å². The lowest BCUT2D eigenvalue weighted by Gasteiger charge is -2.31. The maximum Gasteiger partial charge on any atom is 0.224 e. The fraction of sp³-hybridized carbons (Fsp3) is 0.400. The summed E-state index contributed by atoms with van der Waals surface area (Å²) < 4.78 is 2.22. The van der Waals surface area contributed by atoms with Gasteiger partial charge in [-0.3, -0.25) is 19.1 Å². The summed E-state index contributed by atoms with van der Waals surface area (Å²) in [5, 5.41) is 12.5. The summed E-state index contributed by atoms with van der Waals surface area (Å²) in [5.74, 6) is 1.57. The maximum absolute atomic E-state index is 12.9. The molecule has 1 aliphatic rings. The predicted molar refractivity (Wildman–Crippen MR) is 130 cm³/mol. The summed E-state index contributed by atoms with van der Waals surface area (Å²) in [6.07, 6.45) is 8.67. The van der Waals surface area contributed by atoms with Crippen LogP contribution in [0.5, 0.6) is 0 Å². The number of hydrogen-bond acceptors (Lipinski definition) is 6. The van der Waals surface area contributed by atoms with E-state index in [-0.39, 0.29) is 17.4 Å². The number of aromatic nitrogens is 4. The van der Waals surface area contributed by atoms with Gasteiger partial charge in [0.25, 0.3) is 0 Å². The van der Waals surface area contributed by atoms with Crippen molar-refractivity contribution < 1.29 is 9.59 Å². The molecule has 1 N–H and O–H groups in total. The third-order valence-electron chi connectivity index (χ3n) is 6.13. The van der Waals surface area contributed by atoms with Crippen LogP contribution in [-0.4, -0.2) is 37.2 Å². The number of nitrogens with zero attached hydrogens (tertiary/aromatic N) is 4. The van der Waals surface area contributed by atoms with E-state index >= 15 is 0 Å². The van der Waals surface area contributed by atoms with Crippen molar-refractivity contribution in [1.82, 2.24) is 19.7 Å². The van der Waals surface area contributed by atoms with Gasteiger partial charge in [-0.15, -0.1) is 10.2 Å². The topological polar surface area (TPSA) is 89.8 Å². The van der Waals surface area contributed by atoms with Gasteiger partial charge < -0.3 is 5.32 Å². The standard InChI is InChI=1S/C25H29N5O2S/c1-3-23(32)27-20-12-10-18(11-13-20)22(31)16-33-25-29-28-24(19-8-6-14-26-15-19)30(25)21-9-5-4-7-17(21)2/h6,8,10-15,17,21H,3-5,7,9,16H2,1-2H3,(H,27,32). The summed E-state index contributed by atoms with van der Waals surface area (Å²) in [6, 6.07) is 11.2. The molecule has 172 valence electrons. The van der Waals surface area contributed by atoms with Crippen LogP contribution in [0.1, 0.15) is 62.4 Å². The molecule has 0 spiro atoms. The second-order valence-electron chi connectivity index (χ2n) is 8.44. The Labute approximate surface area is 198 Å². The smallest absolute Gasteiger partial charge is 0.224 e. The maximum atomic E-state index is 12.9. The van der Waals surface area contributed by atoms with Gasteiger partial charge in [0.2, 0.25) is 5.91 Å². The lowest BCUT2D eigenvalue weighted by atomic mass is 9.85. The molecule has 3 aromatic rings. The fourth-order valence-electron chi connectivity index (χ4n) is 4.25. The van der Waals surface area contributed by atoms with Gasteiger partial charge in [0.05, 0.1) is 5.75 Å². The van der Waals surface area contributed by atoms with Gasteiger partial charge in [-0.1, -0.05) is 38.5 Å². The van der Waals surface area contributed by atoms with Crippen LogP contribution in [-0.2, 0) is 4.79 Å². The Morgan fingerprint density at radius 2 is 1.91 bits per heavy atom. The van der Waals surface area contributed by atoms with Gasteiger partial charge in [0.15, 0.2) is 16.8 Å². The quantitative estimate of drug-likeness (QED) is 0.355. The van der Waals surface area contributed by atoms with E-state index in [2.05, 4.69) is 32.0 Å². The highest BCUT2D eigenvalue weighted by molar-refractivity contribution is 7.99. The highest BCUT2D eigenvalue weighted by atomic mass is 32.2. The first-order valence-electron chi connectivity index (χ1n) is 11.5. The van der Waals surface area contributed by atoms with Crippen LogP contribution in [0.3, 0.4) is 0 Å². The largest absolute Gasteiger partial charge is 0.326 e. The second-order valence-corrected chi connectivity index (χ2v) is 9.38. The molecule has 8 heteroatoms. The summed E-state index contributed by atoms with van der Waals surface area (Å²) in [4.78, 5) is 28.7. The summed E-state index contributed by atoms with van der Waals surface area (Å²) in [5.41, 5.74) is 2.24. The zero-order valence-corrected chi connectivity index (χ0v) is 19.8. The minimum absolute atomic E-state index is 0.0162. The van der Waals surface area contributed by atoms with E-state index in [4.69, 9.17) is 0 Å². The molecule has 2 heterocycles. The lowest BCUT2D eigenvalue weighted by Crippen LogP contribution is -2.22. The SMILES string of the molecule is CCC(=O)Nc1ccc(C(=O)CSc2nnc(-c3cccnc3)n2C2CCCCC2C)cc1. The van der Waals surface area contributed by atoms with E-state index in [0.29, 0.717) is 29.6 Å². The van der Waals surface area contributed by atoms with Gasteiger partial charge in [-0.2, -0.15) is 0 Å². The Morgan fingerprint density at radius 1 is 1.12 bits per heavy atom. The second kappa shape index (κ2) is 10.7. The molecule has 7 nitrogen and oxygen atoms in total. The predicted octanol–water partition coefficient (Wildman–Crippen LogP) is 5.41. The normalized spacial score (nSPS) is 18.1. The number of ketones is 1. The molecular weight excluding hydrogens is 434 g/mol. The summed E-state index contributed by atoms with van der Waals surface area (Å²) in [7, 11) is 0. The number of amides is 1. The van der Waals surface area contributed by atoms with Crippen molar-refractivity contribution in [2.75, 3.05) is 11.1 Å². The van der Waals surface area contributed by atoms with Gasteiger partial charge >= 0.3 is 0 Å². The molecule has 1 aliphatic carbocycles. The van der Waals surface area contributed by atoms with Crippen LogP contribution in [0.2, 0.25) is 0 Å². The van der Waals surface area contributed by atoms with Crippen LogP contribution < -0.4 is 5.32 Å². The van der Waals surface area contributed by atoms with Crippen molar-refractivity contribution >= 4 is 29.1 Å². The average Bonchev–Trinajstić information content (AvgIpc) is 3.27. The summed E-state index contributed by atoms with van der Waals surface area (Å²) >= 11 is 1.43. The van der Waals surface area contributed by atoms with E-state index in [1.807, 2.05) is 18.3 Å². The first-order chi connectivity index (χ1) is 16.1. The number of carbonyl (C=O) groups is 2. The van der Waals surface area contributed by atoms with Crippen molar-refractivity contribution in [1.29, 1.82) is 0 Å². The Bertz CT molecular complexity index is 1100. The third kappa shape index (κ3) is 5.50. The number of thioether (sulfide) groups is 1. The average molecular weight is 464 g/mol. The third-order valence-corrected chi connectivity index (χ3v) is 7.07. The van der Waals surface area contributed by atoms with Crippen molar-refractivity contribution in [2.24, 2.45) is 5.92 Å². The summed E-state index contributed by atoms with van der Waals surface area (Å²) in [6.45, 7) is 4.09. The van der Waals surface area contributed by atoms with Crippen LogP contribution >= 0.6 is 11.8 Å². The highest BCUT2D eigenvalue weighted by Gasteiger charge is 2.29. The Balaban J connectivity index is 1.52. The van der Waals surface area contributed by atoms with E-state index in [1.165, 1.54) is 31.0 Å². The van der Waals surface area contributed by atoms with E-state index < -0.39 is 0 Å². The Hall–Kier alpha value is -3.00. The first kappa shape index (κ1) is 23.2. The zero-order chi connectivity index (χ0) is 23.2. The number of carbonyl (C=O) groups excluding carboxylic acids is 2. The molecule has 33 heavy (non-hydrogen) atoms. The monoisotopic (exact) mass is 463 g/mol. The Kier molecular flexibility index (Phi) is 7.54. The highest BCUT2D eigenvalue weighted by Crippen LogP contribution is 2.39. The van der Waals surface area contributed by atoms with Gasteiger partial charge in [0, 0.05) is 41.7 Å². The number of benzene rings is 1. The lowest BCUT2D eigenvalue weighted by molar-refractivity contribution is -0.115. The molecule has 2 aromatic heterocycles. The number of nitrogens with one attached hydrogen (secondary N) is 1. The van der Waals surface area contributed by atoms with Crippen LogP contribution in [0, 0.1) is 5.92 Å². The van der Waals surface area contributed by atoms with Gasteiger partial charge in [-0.05, 0) is 55.2 Å². The van der Waals surface area contributed by atoms with E-state index in [0.717, 1.165) is 23.0 Å². The molecule has 0 saturated heterocycles. The van der Waals surface area contributed by atoms with Gasteiger partial charge in [0.1, 0.15) is 0 Å². The molecule has 0 radical (unpaired) electrons. The minimum atomic E-state index is -0.0506. The van der Waals surface area contributed by atoms with Crippen LogP contribution in [0.25, 0.3) is 11.4 Å². The molecule has 0 bridgehead atoms. The van der Waals surface area contributed by atoms with Crippen molar-refractivity contribution in [3.8, 4) is 11.4 Å².